The number of hydrogen-bond donors (Lipinski definition) is 1. The van der Waals surface area contributed by atoms with Crippen LogP contribution in [0.4, 0.5) is 0 Å². The summed E-state index contributed by atoms with van der Waals surface area (Å²) in [6, 6.07) is 0. The number of rotatable bonds is 4. The summed E-state index contributed by atoms with van der Waals surface area (Å²) in [5.74, 6) is -0.542. The van der Waals surface area contributed by atoms with Crippen LogP contribution in [0.15, 0.2) is 37.2 Å². The summed E-state index contributed by atoms with van der Waals surface area (Å²) < 4.78 is 9.61. The molecule has 0 fully saturated rings. The molecule has 0 saturated heterocycles. The molecule has 3 heterocycles. The Morgan fingerprint density at radius 2 is 1.18 bits per heavy atom. The summed E-state index contributed by atoms with van der Waals surface area (Å²) in [5, 5.41) is 10.3. The van der Waals surface area contributed by atoms with Crippen molar-refractivity contribution < 1.29 is 36.4 Å². The second kappa shape index (κ2) is 23.1. The third-order valence-electron chi connectivity index (χ3n) is 3.96. The first-order valence-corrected chi connectivity index (χ1v) is 13.3. The van der Waals surface area contributed by atoms with Crippen molar-refractivity contribution in [3.8, 4) is 0 Å². The third kappa shape index (κ3) is 18.5. The maximum absolute atomic E-state index is 10.8. The van der Waals surface area contributed by atoms with Gasteiger partial charge >= 0.3 is 29.0 Å². The number of alkyl halides is 1. The number of carbonyl (C=O) groups excluding carboxylic acids is 1. The molecule has 0 atom stereocenters. The van der Waals surface area contributed by atoms with Crippen molar-refractivity contribution in [1.29, 1.82) is 0 Å². The zero-order chi connectivity index (χ0) is 27.9. The monoisotopic (exact) mass is 790 g/mol. The van der Waals surface area contributed by atoms with Gasteiger partial charge in [0, 0.05) is 7.11 Å². The van der Waals surface area contributed by atoms with Crippen LogP contribution in [0, 0.1) is 7.43 Å². The van der Waals surface area contributed by atoms with Crippen LogP contribution in [0.5, 0.6) is 0 Å². The van der Waals surface area contributed by atoms with Gasteiger partial charge in [-0.25, -0.2) is 19.7 Å². The summed E-state index contributed by atoms with van der Waals surface area (Å²) in [6.45, 7) is 7.08. The predicted octanol–water partition coefficient (Wildman–Crippen LogP) is 2.41. The molecule has 3 aromatic rings. The van der Waals surface area contributed by atoms with Gasteiger partial charge in [-0.3, -0.25) is 15.0 Å². The van der Waals surface area contributed by atoms with Gasteiger partial charge in [-0.2, -0.15) is 0 Å². The van der Waals surface area contributed by atoms with Gasteiger partial charge in [0.15, 0.2) is 5.69 Å². The van der Waals surface area contributed by atoms with E-state index >= 15 is 0 Å². The first-order valence-electron chi connectivity index (χ1n) is 9.97. The number of halogens is 5. The Bertz CT molecular complexity index is 1100. The minimum Gasteiger partial charge on any atom is -1.00 e. The van der Waals surface area contributed by atoms with Crippen molar-refractivity contribution in [3.63, 3.8) is 0 Å². The number of ether oxygens (including phenoxy) is 2. The molecule has 39 heavy (non-hydrogen) atoms. The molecule has 0 amide bonds. The zero-order valence-electron chi connectivity index (χ0n) is 22.9. The first kappa shape index (κ1) is 45.5. The number of esters is 1. The number of methoxy groups -OCH3 is 2. The van der Waals surface area contributed by atoms with E-state index in [1.807, 2.05) is 18.8 Å². The third-order valence-corrected chi connectivity index (χ3v) is 4.51. The number of carbonyl (C=O) groups is 1. The second-order valence-corrected chi connectivity index (χ2v) is 8.61. The van der Waals surface area contributed by atoms with Crippen LogP contribution in [0.25, 0.3) is 0 Å². The fraction of sp³-hybridized carbons (Fsp3) is 0.391. The van der Waals surface area contributed by atoms with Crippen molar-refractivity contribution in [2.24, 2.45) is 0 Å². The van der Waals surface area contributed by atoms with E-state index in [4.69, 9.17) is 39.5 Å². The SMILES string of the molecule is CC(C)(O)c1cncc(Cl)n1.CI.COC(=O)c1cncc(Cl)n1.COC(C)(C)c1cncc(Cl)n1.[Br-].[CH3-].[Mg+2]. The van der Waals surface area contributed by atoms with Crippen LogP contribution in [0.1, 0.15) is 49.6 Å². The maximum atomic E-state index is 10.8. The van der Waals surface area contributed by atoms with Crippen LogP contribution < -0.4 is 17.0 Å². The average molecular weight is 793 g/mol. The molecule has 0 aliphatic rings. The van der Waals surface area contributed by atoms with E-state index in [0.29, 0.717) is 16.0 Å². The Labute approximate surface area is 285 Å². The van der Waals surface area contributed by atoms with Crippen molar-refractivity contribution in [3.05, 3.63) is 77.1 Å². The van der Waals surface area contributed by atoms with E-state index in [1.165, 1.54) is 38.1 Å². The van der Waals surface area contributed by atoms with Crippen LogP contribution in [-0.2, 0) is 20.7 Å². The van der Waals surface area contributed by atoms with E-state index in [-0.39, 0.29) is 58.3 Å². The summed E-state index contributed by atoms with van der Waals surface area (Å²) in [5.41, 5.74) is -0.0852. The fourth-order valence-electron chi connectivity index (χ4n) is 1.92. The molecule has 3 rings (SSSR count). The fourth-order valence-corrected chi connectivity index (χ4v) is 2.36. The number of hydrogen-bond acceptors (Lipinski definition) is 10. The van der Waals surface area contributed by atoms with E-state index < -0.39 is 17.2 Å². The average Bonchev–Trinajstić information content (AvgIpc) is 2.85. The maximum Gasteiger partial charge on any atom is 2.00 e. The first-order chi connectivity index (χ1) is 16.8. The molecule has 0 unspecified atom stereocenters. The van der Waals surface area contributed by atoms with Crippen molar-refractivity contribution in [2.75, 3.05) is 19.2 Å². The zero-order valence-corrected chi connectivity index (χ0v) is 30.3. The molecule has 214 valence electrons. The molecule has 0 saturated carbocycles. The number of aliphatic hydroxyl groups is 1. The molecule has 0 spiro atoms. The van der Waals surface area contributed by atoms with Crippen molar-refractivity contribution in [2.45, 2.75) is 38.9 Å². The Hall–Kier alpha value is -0.524. The Morgan fingerprint density at radius 3 is 1.51 bits per heavy atom. The molecule has 0 radical (unpaired) electrons. The summed E-state index contributed by atoms with van der Waals surface area (Å²) in [4.78, 5) is 35.8. The second-order valence-electron chi connectivity index (χ2n) is 7.45. The van der Waals surface area contributed by atoms with Gasteiger partial charge < -0.3 is 39.0 Å². The van der Waals surface area contributed by atoms with Gasteiger partial charge in [-0.05, 0) is 32.6 Å². The molecule has 0 aliphatic carbocycles. The van der Waals surface area contributed by atoms with Gasteiger partial charge in [0.25, 0.3) is 0 Å². The van der Waals surface area contributed by atoms with Gasteiger partial charge in [0.05, 0.1) is 55.7 Å². The van der Waals surface area contributed by atoms with Crippen LogP contribution in [0.2, 0.25) is 15.5 Å². The summed E-state index contributed by atoms with van der Waals surface area (Å²) in [7, 11) is 2.90. The minimum absolute atomic E-state index is 0. The number of nitrogens with zero attached hydrogens (tertiary/aromatic N) is 6. The largest absolute Gasteiger partial charge is 2.00 e. The smallest absolute Gasteiger partial charge is 1.00 e. The van der Waals surface area contributed by atoms with Gasteiger partial charge in [-0.15, -0.1) is 0 Å². The molecule has 1 N–H and O–H groups in total. The minimum atomic E-state index is -0.974. The summed E-state index contributed by atoms with van der Waals surface area (Å²) >= 11 is 18.9. The quantitative estimate of drug-likeness (QED) is 0.138. The van der Waals surface area contributed by atoms with E-state index in [2.05, 4.69) is 57.2 Å². The molecule has 16 heteroatoms. The predicted molar refractivity (Wildman–Crippen MR) is 160 cm³/mol. The van der Waals surface area contributed by atoms with E-state index in [1.54, 1.807) is 27.2 Å². The topological polar surface area (TPSA) is 133 Å². The molecule has 0 bridgehead atoms. The van der Waals surface area contributed by atoms with Crippen molar-refractivity contribution in [1.82, 2.24) is 29.9 Å². The molecular weight excluding hydrogens is 762 g/mol. The molecule has 0 aliphatic heterocycles. The van der Waals surface area contributed by atoms with Crippen LogP contribution >= 0.6 is 57.4 Å². The van der Waals surface area contributed by atoms with Crippen LogP contribution in [-0.4, -0.2) is 83.2 Å². The molecule has 0 aromatic carbocycles. The van der Waals surface area contributed by atoms with E-state index in [9.17, 15) is 9.90 Å². The van der Waals surface area contributed by atoms with Gasteiger partial charge in [0.2, 0.25) is 0 Å². The number of aromatic nitrogens is 6. The van der Waals surface area contributed by atoms with Crippen LogP contribution in [0.3, 0.4) is 0 Å². The summed E-state index contributed by atoms with van der Waals surface area (Å²) in [6.07, 6.45) is 8.70. The van der Waals surface area contributed by atoms with Crippen molar-refractivity contribution >= 4 is 86.4 Å². The molecule has 10 nitrogen and oxygen atoms in total. The van der Waals surface area contributed by atoms with Gasteiger partial charge in [0.1, 0.15) is 26.7 Å². The Balaban J connectivity index is -0.000000220. The van der Waals surface area contributed by atoms with Gasteiger partial charge in [-0.1, -0.05) is 57.4 Å². The standard InChI is InChI=1S/C8H11ClN2O.C7H9ClN2O.C6H5ClN2O2.CH3I.CH3.BrH.Mg/c1-8(2,12-3)6-4-10-5-7(9)11-6;1-7(2,11)5-3-9-4-6(8)10-5;1-11-6(10)4-2-8-3-5(7)9-4;1-2;;;/h4-5H,1-3H3;3-4,11H,1-2H3;2-3H,1H3;1H3;1H3;1H;/q;;;;-1;;+2/p-1. The van der Waals surface area contributed by atoms with E-state index in [0.717, 1.165) is 5.69 Å². The molecular formula is C23H31BrCl3IMgN6O4. The Morgan fingerprint density at radius 1 is 0.795 bits per heavy atom. The Kier molecular flexibility index (Phi) is 26.9. The molecule has 3 aromatic heterocycles. The normalized spacial score (nSPS) is 9.64.